The predicted octanol–water partition coefficient (Wildman–Crippen LogP) is 2.51. The van der Waals surface area contributed by atoms with Crippen LogP contribution < -0.4 is 5.73 Å². The van der Waals surface area contributed by atoms with E-state index in [1.54, 1.807) is 0 Å². The number of unbranched alkanes of at least 4 members (excludes halogenated alkanes) is 3. The van der Waals surface area contributed by atoms with Crippen molar-refractivity contribution < 1.29 is 4.79 Å². The monoisotopic (exact) mass is 185 g/mol. The van der Waals surface area contributed by atoms with Crippen molar-refractivity contribution in [2.24, 2.45) is 11.1 Å². The molecule has 0 aliphatic rings. The van der Waals surface area contributed by atoms with Crippen molar-refractivity contribution in [1.82, 2.24) is 0 Å². The van der Waals surface area contributed by atoms with E-state index in [1.165, 1.54) is 19.3 Å². The molecule has 0 heterocycles. The average Bonchev–Trinajstić information content (AvgIpc) is 2.12. The molecule has 0 saturated carbocycles. The fourth-order valence-corrected chi connectivity index (χ4v) is 1.16. The maximum absolute atomic E-state index is 11.6. The molecule has 2 nitrogen and oxygen atoms in total. The van der Waals surface area contributed by atoms with Crippen LogP contribution >= 0.6 is 0 Å². The van der Waals surface area contributed by atoms with Gasteiger partial charge < -0.3 is 5.73 Å². The summed E-state index contributed by atoms with van der Waals surface area (Å²) in [5.41, 5.74) is 5.20. The second-order valence-electron chi connectivity index (χ2n) is 4.32. The van der Waals surface area contributed by atoms with Gasteiger partial charge in [0.05, 0.1) is 0 Å². The molecule has 2 N–H and O–H groups in total. The highest BCUT2D eigenvalue weighted by atomic mass is 16.1. The molecule has 0 spiro atoms. The predicted molar refractivity (Wildman–Crippen MR) is 56.6 cm³/mol. The van der Waals surface area contributed by atoms with Crippen molar-refractivity contribution in [1.29, 1.82) is 0 Å². The lowest BCUT2D eigenvalue weighted by atomic mass is 9.85. The van der Waals surface area contributed by atoms with E-state index in [1.807, 2.05) is 13.8 Å². The Labute approximate surface area is 81.9 Å². The first-order valence-electron chi connectivity index (χ1n) is 5.28. The molecular formula is C11H23NO. The van der Waals surface area contributed by atoms with Crippen LogP contribution in [0.2, 0.25) is 0 Å². The number of nitrogens with two attached hydrogens (primary N) is 1. The van der Waals surface area contributed by atoms with Crippen molar-refractivity contribution in [3.05, 3.63) is 0 Å². The zero-order chi connectivity index (χ0) is 10.3. The van der Waals surface area contributed by atoms with E-state index < -0.39 is 0 Å². The summed E-state index contributed by atoms with van der Waals surface area (Å²) in [4.78, 5) is 11.6. The quantitative estimate of drug-likeness (QED) is 0.619. The molecule has 0 aliphatic carbocycles. The maximum atomic E-state index is 11.6. The van der Waals surface area contributed by atoms with Crippen LogP contribution in [-0.4, -0.2) is 12.3 Å². The van der Waals surface area contributed by atoms with Crippen molar-refractivity contribution in [2.75, 3.05) is 6.54 Å². The Morgan fingerprint density at radius 2 is 1.85 bits per heavy atom. The van der Waals surface area contributed by atoms with Gasteiger partial charge in [-0.15, -0.1) is 0 Å². The van der Waals surface area contributed by atoms with Gasteiger partial charge in [-0.3, -0.25) is 4.79 Å². The van der Waals surface area contributed by atoms with Gasteiger partial charge in [-0.1, -0.05) is 40.0 Å². The van der Waals surface area contributed by atoms with Gasteiger partial charge in [0.15, 0.2) is 0 Å². The van der Waals surface area contributed by atoms with Crippen LogP contribution in [0.3, 0.4) is 0 Å². The summed E-state index contributed by atoms with van der Waals surface area (Å²) in [6.45, 7) is 6.48. The molecule has 0 bridgehead atoms. The minimum Gasteiger partial charge on any atom is -0.329 e. The van der Waals surface area contributed by atoms with E-state index in [9.17, 15) is 4.79 Å². The minimum absolute atomic E-state index is 0.311. The van der Waals surface area contributed by atoms with Gasteiger partial charge in [-0.25, -0.2) is 0 Å². The fourth-order valence-electron chi connectivity index (χ4n) is 1.16. The summed E-state index contributed by atoms with van der Waals surface area (Å²) in [6, 6.07) is 0. The lowest BCUT2D eigenvalue weighted by Gasteiger charge is -2.20. The van der Waals surface area contributed by atoms with Crippen LogP contribution in [0, 0.1) is 5.41 Å². The van der Waals surface area contributed by atoms with Gasteiger partial charge in [0.2, 0.25) is 0 Å². The molecule has 0 aromatic carbocycles. The molecular weight excluding hydrogens is 162 g/mol. The Kier molecular flexibility index (Phi) is 5.97. The van der Waals surface area contributed by atoms with Gasteiger partial charge in [0, 0.05) is 18.4 Å². The fraction of sp³-hybridized carbons (Fsp3) is 0.909. The van der Waals surface area contributed by atoms with Crippen LogP contribution in [0.5, 0.6) is 0 Å². The van der Waals surface area contributed by atoms with E-state index >= 15 is 0 Å². The number of hydrogen-bond donors (Lipinski definition) is 1. The Bertz CT molecular complexity index is 152. The molecule has 13 heavy (non-hydrogen) atoms. The topological polar surface area (TPSA) is 43.1 Å². The molecule has 0 radical (unpaired) electrons. The van der Waals surface area contributed by atoms with Crippen LogP contribution in [0.4, 0.5) is 0 Å². The molecule has 0 aromatic heterocycles. The first-order valence-corrected chi connectivity index (χ1v) is 5.28. The zero-order valence-corrected chi connectivity index (χ0v) is 9.23. The van der Waals surface area contributed by atoms with Crippen LogP contribution in [0.25, 0.3) is 0 Å². The second-order valence-corrected chi connectivity index (χ2v) is 4.32. The maximum Gasteiger partial charge on any atom is 0.139 e. The second kappa shape index (κ2) is 6.14. The molecule has 0 saturated heterocycles. The Morgan fingerprint density at radius 3 is 2.31 bits per heavy atom. The third kappa shape index (κ3) is 5.04. The van der Waals surface area contributed by atoms with Crippen molar-refractivity contribution in [2.45, 2.75) is 52.9 Å². The average molecular weight is 185 g/mol. The summed E-state index contributed by atoms with van der Waals surface area (Å²) in [6.07, 6.45) is 5.34. The third-order valence-corrected chi connectivity index (χ3v) is 2.52. The van der Waals surface area contributed by atoms with Gasteiger partial charge in [-0.2, -0.15) is 0 Å². The van der Waals surface area contributed by atoms with E-state index in [0.717, 1.165) is 6.42 Å². The van der Waals surface area contributed by atoms with E-state index in [0.29, 0.717) is 18.7 Å². The molecule has 0 aromatic rings. The molecule has 0 atom stereocenters. The smallest absolute Gasteiger partial charge is 0.139 e. The summed E-state index contributed by atoms with van der Waals surface area (Å²) in [5, 5.41) is 0. The van der Waals surface area contributed by atoms with Crippen molar-refractivity contribution in [3.63, 3.8) is 0 Å². The normalized spacial score (nSPS) is 11.7. The highest BCUT2D eigenvalue weighted by Gasteiger charge is 2.24. The first-order chi connectivity index (χ1) is 6.04. The first kappa shape index (κ1) is 12.6. The Balaban J connectivity index is 3.62. The van der Waals surface area contributed by atoms with E-state index in [2.05, 4.69) is 6.92 Å². The summed E-state index contributed by atoms with van der Waals surface area (Å²) in [5.74, 6) is 0.311. The highest BCUT2D eigenvalue weighted by molar-refractivity contribution is 5.84. The van der Waals surface area contributed by atoms with Crippen LogP contribution in [0.1, 0.15) is 52.9 Å². The van der Waals surface area contributed by atoms with Crippen LogP contribution in [0.15, 0.2) is 0 Å². The lowest BCUT2D eigenvalue weighted by molar-refractivity contribution is -0.126. The summed E-state index contributed by atoms with van der Waals surface area (Å²) < 4.78 is 0. The minimum atomic E-state index is -0.313. The highest BCUT2D eigenvalue weighted by Crippen LogP contribution is 2.18. The zero-order valence-electron chi connectivity index (χ0n) is 9.23. The van der Waals surface area contributed by atoms with E-state index in [-0.39, 0.29) is 5.41 Å². The SMILES string of the molecule is CCCCCCC(=O)C(C)(C)CN. The standard InChI is InChI=1S/C11H23NO/c1-4-5-6-7-8-10(13)11(2,3)9-12/h4-9,12H2,1-3H3. The number of rotatable bonds is 7. The van der Waals surface area contributed by atoms with E-state index in [4.69, 9.17) is 5.73 Å². The van der Waals surface area contributed by atoms with Gasteiger partial charge >= 0.3 is 0 Å². The molecule has 0 aliphatic heterocycles. The van der Waals surface area contributed by atoms with Crippen molar-refractivity contribution in [3.8, 4) is 0 Å². The summed E-state index contributed by atoms with van der Waals surface area (Å²) in [7, 11) is 0. The molecule has 2 heteroatoms. The number of hydrogen-bond acceptors (Lipinski definition) is 2. The van der Waals surface area contributed by atoms with Crippen LogP contribution in [-0.2, 0) is 4.79 Å². The number of ketones is 1. The van der Waals surface area contributed by atoms with Gasteiger partial charge in [-0.05, 0) is 6.42 Å². The Hall–Kier alpha value is -0.370. The molecule has 78 valence electrons. The molecule has 0 fully saturated rings. The molecule has 0 rings (SSSR count). The summed E-state index contributed by atoms with van der Waals surface area (Å²) >= 11 is 0. The third-order valence-electron chi connectivity index (χ3n) is 2.52. The largest absolute Gasteiger partial charge is 0.329 e. The lowest BCUT2D eigenvalue weighted by Crippen LogP contribution is -2.32. The number of carbonyl (C=O) groups excluding carboxylic acids is 1. The Morgan fingerprint density at radius 1 is 1.23 bits per heavy atom. The van der Waals surface area contributed by atoms with Crippen molar-refractivity contribution >= 4 is 5.78 Å². The van der Waals surface area contributed by atoms with Gasteiger partial charge in [0.25, 0.3) is 0 Å². The number of Topliss-reactive ketones (excluding diaryl/α,β-unsaturated/α-hetero) is 1. The van der Waals surface area contributed by atoms with Gasteiger partial charge in [0.1, 0.15) is 5.78 Å². The number of carbonyl (C=O) groups is 1. The molecule has 0 unspecified atom stereocenters. The molecule has 0 amide bonds.